The fourth-order valence-corrected chi connectivity index (χ4v) is 5.86. The third kappa shape index (κ3) is 6.10. The van der Waals surface area contributed by atoms with Crippen LogP contribution in [0, 0.1) is 6.92 Å². The Labute approximate surface area is 220 Å². The number of nitrogens with zero attached hydrogens (tertiary/aromatic N) is 4. The van der Waals surface area contributed by atoms with Crippen LogP contribution in [0.3, 0.4) is 0 Å². The first-order valence-electron chi connectivity index (χ1n) is 12.7. The van der Waals surface area contributed by atoms with E-state index in [0.29, 0.717) is 31.1 Å². The van der Waals surface area contributed by atoms with Gasteiger partial charge >= 0.3 is 0 Å². The summed E-state index contributed by atoms with van der Waals surface area (Å²) in [6, 6.07) is 11.6. The molecule has 196 valence electrons. The number of benzene rings is 2. The van der Waals surface area contributed by atoms with Gasteiger partial charge in [-0.2, -0.15) is 0 Å². The molecule has 0 spiro atoms. The first-order chi connectivity index (χ1) is 17.9. The van der Waals surface area contributed by atoms with Gasteiger partial charge in [-0.1, -0.05) is 12.1 Å². The molecule has 0 aliphatic carbocycles. The minimum atomic E-state index is -0.605. The Morgan fingerprint density at radius 1 is 1.14 bits per heavy atom. The fraction of sp³-hybridized carbons (Fsp3) is 0.444. The average Bonchev–Trinajstić information content (AvgIpc) is 3.47. The smallest absolute Gasteiger partial charge is 0.238 e. The number of para-hydroxylation sites is 1. The third-order valence-electron chi connectivity index (χ3n) is 6.86. The van der Waals surface area contributed by atoms with Crippen molar-refractivity contribution in [1.29, 1.82) is 0 Å². The monoisotopic (exact) mass is 523 g/mol. The molecule has 2 aromatic carbocycles. The van der Waals surface area contributed by atoms with Crippen molar-refractivity contribution in [3.05, 3.63) is 47.0 Å². The maximum Gasteiger partial charge on any atom is 0.238 e. The van der Waals surface area contributed by atoms with Gasteiger partial charge in [0, 0.05) is 52.3 Å². The number of aryl methyl sites for hydroxylation is 1. The topological polar surface area (TPSA) is 98.2 Å². The predicted octanol–water partition coefficient (Wildman–Crippen LogP) is 2.51. The van der Waals surface area contributed by atoms with Gasteiger partial charge in [0.1, 0.15) is 18.5 Å². The molecule has 2 aliphatic heterocycles. The van der Waals surface area contributed by atoms with Crippen molar-refractivity contribution >= 4 is 44.7 Å². The number of piperazine rings is 1. The van der Waals surface area contributed by atoms with Crippen molar-refractivity contribution in [2.45, 2.75) is 26.4 Å². The number of fused-ring (bicyclic) bond motifs is 2. The molecule has 1 saturated heterocycles. The molecule has 5 rings (SSSR count). The summed E-state index contributed by atoms with van der Waals surface area (Å²) in [7, 11) is 0. The van der Waals surface area contributed by atoms with Crippen LogP contribution in [0.15, 0.2) is 36.4 Å². The number of hydrogen-bond acceptors (Lipinski definition) is 8. The molecule has 0 unspecified atom stereocenters. The molecule has 3 aromatic rings. The molecule has 9 nitrogen and oxygen atoms in total. The lowest BCUT2D eigenvalue weighted by Crippen LogP contribution is -2.50. The molecule has 1 aromatic heterocycles. The number of thiazole rings is 1. The number of aromatic nitrogens is 1. The summed E-state index contributed by atoms with van der Waals surface area (Å²) < 4.78 is 6.94. The Hall–Kier alpha value is -3.05. The van der Waals surface area contributed by atoms with E-state index < -0.39 is 6.10 Å². The SMILES string of the molecule is CC(=O)N1CCc2cccc(NC(=O)CN3CCN(C[C@@H](O)COc4ccc5sc(C)nc5c4)CC3)c21. The first-order valence-corrected chi connectivity index (χ1v) is 13.5. The lowest BCUT2D eigenvalue weighted by molar-refractivity contribution is -0.118. The number of aliphatic hydroxyl groups is 1. The minimum Gasteiger partial charge on any atom is -0.491 e. The minimum absolute atomic E-state index is 0.0141. The Kier molecular flexibility index (Phi) is 7.71. The van der Waals surface area contributed by atoms with Gasteiger partial charge < -0.3 is 20.1 Å². The third-order valence-corrected chi connectivity index (χ3v) is 7.81. The van der Waals surface area contributed by atoms with Gasteiger partial charge in [0.05, 0.1) is 33.1 Å². The van der Waals surface area contributed by atoms with Crippen molar-refractivity contribution in [3.8, 4) is 5.75 Å². The van der Waals surface area contributed by atoms with Crippen LogP contribution >= 0.6 is 11.3 Å². The highest BCUT2D eigenvalue weighted by Crippen LogP contribution is 2.35. The quantitative estimate of drug-likeness (QED) is 0.468. The molecule has 10 heteroatoms. The van der Waals surface area contributed by atoms with Gasteiger partial charge in [0.2, 0.25) is 11.8 Å². The molecule has 37 heavy (non-hydrogen) atoms. The van der Waals surface area contributed by atoms with E-state index >= 15 is 0 Å². The number of aliphatic hydroxyl groups excluding tert-OH is 1. The summed E-state index contributed by atoms with van der Waals surface area (Å²) in [5.74, 6) is 0.612. The lowest BCUT2D eigenvalue weighted by Gasteiger charge is -2.35. The molecule has 2 amide bonds. The summed E-state index contributed by atoms with van der Waals surface area (Å²) in [6.07, 6.45) is 0.199. The van der Waals surface area contributed by atoms with Gasteiger partial charge in [-0.25, -0.2) is 4.98 Å². The van der Waals surface area contributed by atoms with Crippen LogP contribution in [0.2, 0.25) is 0 Å². The average molecular weight is 524 g/mol. The van der Waals surface area contributed by atoms with E-state index in [1.807, 2.05) is 43.3 Å². The molecule has 0 bridgehead atoms. The van der Waals surface area contributed by atoms with Gasteiger partial charge in [-0.3, -0.25) is 19.4 Å². The van der Waals surface area contributed by atoms with Crippen LogP contribution in [-0.2, 0) is 16.0 Å². The summed E-state index contributed by atoms with van der Waals surface area (Å²) in [5.41, 5.74) is 3.53. The zero-order valence-electron chi connectivity index (χ0n) is 21.3. The molecular formula is C27H33N5O4S. The van der Waals surface area contributed by atoms with Crippen LogP contribution in [0.4, 0.5) is 11.4 Å². The Morgan fingerprint density at radius 3 is 2.70 bits per heavy atom. The van der Waals surface area contributed by atoms with E-state index in [2.05, 4.69) is 20.1 Å². The second kappa shape index (κ2) is 11.1. The fourth-order valence-electron chi connectivity index (χ4n) is 5.05. The van der Waals surface area contributed by atoms with E-state index in [1.165, 1.54) is 0 Å². The van der Waals surface area contributed by atoms with Crippen molar-refractivity contribution < 1.29 is 19.4 Å². The largest absolute Gasteiger partial charge is 0.491 e. The number of hydrogen-bond donors (Lipinski definition) is 2. The number of ether oxygens (including phenoxy) is 1. The zero-order chi connectivity index (χ0) is 25.9. The summed E-state index contributed by atoms with van der Waals surface area (Å²) >= 11 is 1.65. The number of anilines is 2. The molecule has 3 heterocycles. The number of carbonyl (C=O) groups excluding carboxylic acids is 2. The maximum atomic E-state index is 12.8. The number of carbonyl (C=O) groups is 2. The van der Waals surface area contributed by atoms with Crippen LogP contribution in [0.5, 0.6) is 5.75 Å². The van der Waals surface area contributed by atoms with Crippen molar-refractivity contribution in [2.24, 2.45) is 0 Å². The summed E-state index contributed by atoms with van der Waals surface area (Å²) in [5, 5.41) is 14.5. The van der Waals surface area contributed by atoms with Gasteiger partial charge in [0.25, 0.3) is 0 Å². The number of nitrogens with one attached hydrogen (secondary N) is 1. The molecule has 2 aliphatic rings. The van der Waals surface area contributed by atoms with E-state index in [-0.39, 0.29) is 18.4 Å². The van der Waals surface area contributed by atoms with E-state index in [1.54, 1.807) is 23.2 Å². The number of rotatable bonds is 8. The molecule has 0 saturated carbocycles. The summed E-state index contributed by atoms with van der Waals surface area (Å²) in [4.78, 5) is 35.3. The van der Waals surface area contributed by atoms with Crippen LogP contribution in [-0.4, -0.2) is 90.2 Å². The Morgan fingerprint density at radius 2 is 1.92 bits per heavy atom. The van der Waals surface area contributed by atoms with Crippen molar-refractivity contribution in [2.75, 3.05) is 62.6 Å². The van der Waals surface area contributed by atoms with Gasteiger partial charge in [-0.05, 0) is 37.1 Å². The first kappa shape index (κ1) is 25.6. The second-order valence-corrected chi connectivity index (χ2v) is 10.9. The van der Waals surface area contributed by atoms with Gasteiger partial charge in [-0.15, -0.1) is 11.3 Å². The summed E-state index contributed by atoms with van der Waals surface area (Å²) in [6.45, 7) is 8.25. The predicted molar refractivity (Wildman–Crippen MR) is 146 cm³/mol. The Balaban J connectivity index is 1.05. The van der Waals surface area contributed by atoms with E-state index in [4.69, 9.17) is 4.74 Å². The second-order valence-electron chi connectivity index (χ2n) is 9.69. The standard InChI is InChI=1S/C27H33N5O4S/c1-18-28-24-14-22(6-7-25(24)37-18)36-17-21(34)15-30-10-12-31(13-11-30)16-26(35)29-23-5-3-4-20-8-9-32(19(2)33)27(20)23/h3-7,14,21,34H,8-13,15-17H2,1-2H3,(H,29,35)/t21-/m1/s1. The lowest BCUT2D eigenvalue weighted by atomic mass is 10.1. The van der Waals surface area contributed by atoms with Crippen LogP contribution < -0.4 is 15.0 Å². The molecular weight excluding hydrogens is 490 g/mol. The molecule has 1 fully saturated rings. The number of amides is 2. The molecule has 1 atom stereocenters. The number of β-amino-alcohol motifs (C(OH)–C–C–N with tert-alkyl or cyclic N) is 1. The normalized spacial score (nSPS) is 17.1. The van der Waals surface area contributed by atoms with E-state index in [9.17, 15) is 14.7 Å². The van der Waals surface area contributed by atoms with Crippen molar-refractivity contribution in [3.63, 3.8) is 0 Å². The molecule has 0 radical (unpaired) electrons. The van der Waals surface area contributed by atoms with Crippen LogP contribution in [0.25, 0.3) is 10.2 Å². The Bertz CT molecular complexity index is 1290. The van der Waals surface area contributed by atoms with Crippen molar-refractivity contribution in [1.82, 2.24) is 14.8 Å². The van der Waals surface area contributed by atoms with Crippen LogP contribution in [0.1, 0.15) is 17.5 Å². The highest BCUT2D eigenvalue weighted by Gasteiger charge is 2.26. The van der Waals surface area contributed by atoms with E-state index in [0.717, 1.165) is 59.1 Å². The maximum absolute atomic E-state index is 12.8. The van der Waals surface area contributed by atoms with Gasteiger partial charge in [0.15, 0.2) is 0 Å². The highest BCUT2D eigenvalue weighted by molar-refractivity contribution is 7.18. The zero-order valence-corrected chi connectivity index (χ0v) is 22.1. The highest BCUT2D eigenvalue weighted by atomic mass is 32.1. The molecule has 2 N–H and O–H groups in total.